The Labute approximate surface area is 92.7 Å². The summed E-state index contributed by atoms with van der Waals surface area (Å²) in [6.07, 6.45) is 2.86. The van der Waals surface area contributed by atoms with Crippen LogP contribution < -0.4 is 4.90 Å². The van der Waals surface area contributed by atoms with Gasteiger partial charge in [-0.15, -0.1) is 0 Å². The van der Waals surface area contributed by atoms with Gasteiger partial charge in [0, 0.05) is 12.7 Å². The maximum atomic E-state index is 11.1. The molecule has 84 valence electrons. The van der Waals surface area contributed by atoms with Crippen LogP contribution in [0.1, 0.15) is 16.8 Å². The van der Waals surface area contributed by atoms with E-state index in [4.69, 9.17) is 9.84 Å². The number of ether oxygens (including phenoxy) is 1. The van der Waals surface area contributed by atoms with Crippen LogP contribution in [0.25, 0.3) is 0 Å². The Hall–Kier alpha value is -1.62. The number of nitrogens with zero attached hydrogens (tertiary/aromatic N) is 2. The van der Waals surface area contributed by atoms with E-state index in [0.717, 1.165) is 13.0 Å². The molecule has 16 heavy (non-hydrogen) atoms. The number of hydrogen-bond donors (Lipinski definition) is 1. The predicted octanol–water partition coefficient (Wildman–Crippen LogP) is 0.757. The molecule has 0 radical (unpaired) electrons. The van der Waals surface area contributed by atoms with E-state index in [-0.39, 0.29) is 17.7 Å². The molecule has 0 spiro atoms. The number of fused-ring (bicyclic) bond motifs is 2. The van der Waals surface area contributed by atoms with Crippen molar-refractivity contribution in [2.75, 3.05) is 18.1 Å². The van der Waals surface area contributed by atoms with Gasteiger partial charge in [-0.1, -0.05) is 0 Å². The zero-order valence-corrected chi connectivity index (χ0v) is 8.67. The van der Waals surface area contributed by atoms with Crippen LogP contribution >= 0.6 is 0 Å². The predicted molar refractivity (Wildman–Crippen MR) is 56.7 cm³/mol. The summed E-state index contributed by atoms with van der Waals surface area (Å²) in [6, 6.07) is 3.54. The number of aromatic carboxylic acids is 1. The molecule has 1 aromatic heterocycles. The Morgan fingerprint density at radius 3 is 3.12 bits per heavy atom. The third-order valence-electron chi connectivity index (χ3n) is 3.19. The highest BCUT2D eigenvalue weighted by Crippen LogP contribution is 2.32. The Morgan fingerprint density at radius 1 is 1.62 bits per heavy atom. The van der Waals surface area contributed by atoms with Crippen LogP contribution in [-0.2, 0) is 4.74 Å². The van der Waals surface area contributed by atoms with Crippen LogP contribution in [0.3, 0.4) is 0 Å². The lowest BCUT2D eigenvalue weighted by molar-refractivity contribution is 0.0695. The first kappa shape index (κ1) is 9.59. The van der Waals surface area contributed by atoms with Gasteiger partial charge in [0.2, 0.25) is 0 Å². The normalized spacial score (nSPS) is 27.4. The standard InChI is InChI=1S/C11H12N2O3/c14-11(15)9-2-1-3-12-10(9)13-5-8-4-7(13)6-16-8/h1-3,7-8H,4-6H2,(H,14,15)/t7-,8+/m0/s1. The summed E-state index contributed by atoms with van der Waals surface area (Å²) in [4.78, 5) is 17.3. The van der Waals surface area contributed by atoms with Crippen molar-refractivity contribution in [2.45, 2.75) is 18.6 Å². The number of carboxylic acid groups (broad SMARTS) is 1. The topological polar surface area (TPSA) is 62.7 Å². The Kier molecular flexibility index (Phi) is 2.07. The first-order chi connectivity index (χ1) is 7.75. The number of aromatic nitrogens is 1. The van der Waals surface area contributed by atoms with Crippen LogP contribution in [0.5, 0.6) is 0 Å². The van der Waals surface area contributed by atoms with Gasteiger partial charge in [-0.25, -0.2) is 9.78 Å². The monoisotopic (exact) mass is 220 g/mol. The molecule has 3 rings (SSSR count). The van der Waals surface area contributed by atoms with E-state index < -0.39 is 5.97 Å². The highest BCUT2D eigenvalue weighted by Gasteiger charge is 2.40. The number of hydrogen-bond acceptors (Lipinski definition) is 4. The van der Waals surface area contributed by atoms with Gasteiger partial charge in [-0.2, -0.15) is 0 Å². The van der Waals surface area contributed by atoms with E-state index in [0.29, 0.717) is 12.4 Å². The second-order valence-electron chi connectivity index (χ2n) is 4.18. The van der Waals surface area contributed by atoms with Gasteiger partial charge in [0.05, 0.1) is 18.8 Å². The van der Waals surface area contributed by atoms with Gasteiger partial charge < -0.3 is 14.7 Å². The van der Waals surface area contributed by atoms with Crippen molar-refractivity contribution in [3.8, 4) is 0 Å². The largest absolute Gasteiger partial charge is 0.478 e. The van der Waals surface area contributed by atoms with Crippen molar-refractivity contribution in [3.05, 3.63) is 23.9 Å². The number of anilines is 1. The average molecular weight is 220 g/mol. The minimum Gasteiger partial charge on any atom is -0.478 e. The third-order valence-corrected chi connectivity index (χ3v) is 3.19. The molecule has 3 heterocycles. The van der Waals surface area contributed by atoms with Crippen molar-refractivity contribution in [1.29, 1.82) is 0 Å². The van der Waals surface area contributed by atoms with Crippen molar-refractivity contribution >= 4 is 11.8 Å². The molecule has 1 aromatic rings. The van der Waals surface area contributed by atoms with Crippen molar-refractivity contribution in [3.63, 3.8) is 0 Å². The maximum Gasteiger partial charge on any atom is 0.339 e. The first-order valence-electron chi connectivity index (χ1n) is 5.32. The van der Waals surface area contributed by atoms with Gasteiger partial charge in [-0.05, 0) is 18.6 Å². The van der Waals surface area contributed by atoms with Crippen molar-refractivity contribution in [2.24, 2.45) is 0 Å². The number of carbonyl (C=O) groups is 1. The Morgan fingerprint density at radius 2 is 2.50 bits per heavy atom. The average Bonchev–Trinajstić information content (AvgIpc) is 2.90. The summed E-state index contributed by atoms with van der Waals surface area (Å²) < 4.78 is 5.49. The molecule has 0 amide bonds. The lowest BCUT2D eigenvalue weighted by Gasteiger charge is -2.28. The fourth-order valence-electron chi connectivity index (χ4n) is 2.45. The van der Waals surface area contributed by atoms with Crippen molar-refractivity contribution in [1.82, 2.24) is 4.98 Å². The van der Waals surface area contributed by atoms with Gasteiger partial charge in [0.1, 0.15) is 11.4 Å². The fraction of sp³-hybridized carbons (Fsp3) is 0.455. The maximum absolute atomic E-state index is 11.1. The molecule has 0 saturated carbocycles. The molecule has 2 aliphatic heterocycles. The molecule has 2 saturated heterocycles. The summed E-state index contributed by atoms with van der Waals surface area (Å²) in [6.45, 7) is 1.43. The number of pyridine rings is 1. The molecule has 0 aliphatic carbocycles. The second-order valence-corrected chi connectivity index (χ2v) is 4.18. The zero-order valence-electron chi connectivity index (χ0n) is 8.67. The summed E-state index contributed by atoms with van der Waals surface area (Å²) in [7, 11) is 0. The summed E-state index contributed by atoms with van der Waals surface area (Å²) in [5, 5.41) is 9.10. The first-order valence-corrected chi connectivity index (χ1v) is 5.32. The van der Waals surface area contributed by atoms with Crippen LogP contribution in [0.15, 0.2) is 18.3 Å². The second kappa shape index (κ2) is 3.45. The van der Waals surface area contributed by atoms with E-state index in [2.05, 4.69) is 9.88 Å². The minimum atomic E-state index is -0.924. The summed E-state index contributed by atoms with van der Waals surface area (Å²) in [5.74, 6) is -0.349. The van der Waals surface area contributed by atoms with E-state index >= 15 is 0 Å². The fourth-order valence-corrected chi connectivity index (χ4v) is 2.45. The van der Waals surface area contributed by atoms with Crippen LogP contribution in [-0.4, -0.2) is 41.4 Å². The van der Waals surface area contributed by atoms with Gasteiger partial charge in [0.25, 0.3) is 0 Å². The molecule has 5 heteroatoms. The van der Waals surface area contributed by atoms with Crippen LogP contribution in [0, 0.1) is 0 Å². The highest BCUT2D eigenvalue weighted by atomic mass is 16.5. The smallest absolute Gasteiger partial charge is 0.339 e. The number of carboxylic acids is 1. The highest BCUT2D eigenvalue weighted by molar-refractivity contribution is 5.93. The van der Waals surface area contributed by atoms with E-state index in [1.807, 2.05) is 0 Å². The van der Waals surface area contributed by atoms with Crippen LogP contribution in [0.4, 0.5) is 5.82 Å². The molecule has 2 atom stereocenters. The van der Waals surface area contributed by atoms with Gasteiger partial charge in [0.15, 0.2) is 0 Å². The van der Waals surface area contributed by atoms with Crippen LogP contribution in [0.2, 0.25) is 0 Å². The van der Waals surface area contributed by atoms with E-state index in [9.17, 15) is 4.79 Å². The quantitative estimate of drug-likeness (QED) is 0.797. The molecular formula is C11H12N2O3. The SMILES string of the molecule is O=C(O)c1cccnc1N1C[C@H]2C[C@H]1CO2. The van der Waals surface area contributed by atoms with E-state index in [1.54, 1.807) is 18.3 Å². The molecule has 1 N–H and O–H groups in total. The zero-order chi connectivity index (χ0) is 11.1. The minimum absolute atomic E-state index is 0.244. The number of morpholine rings is 1. The Bertz CT molecular complexity index is 435. The lowest BCUT2D eigenvalue weighted by atomic mass is 10.2. The number of rotatable bonds is 2. The molecule has 0 unspecified atom stereocenters. The summed E-state index contributed by atoms with van der Waals surface area (Å²) in [5.41, 5.74) is 0.273. The molecule has 2 bridgehead atoms. The lowest BCUT2D eigenvalue weighted by Crippen LogP contribution is -2.38. The van der Waals surface area contributed by atoms with Gasteiger partial charge in [-0.3, -0.25) is 0 Å². The molecule has 2 aliphatic rings. The molecule has 5 nitrogen and oxygen atoms in total. The van der Waals surface area contributed by atoms with E-state index in [1.165, 1.54) is 0 Å². The molecule has 2 fully saturated rings. The summed E-state index contributed by atoms with van der Waals surface area (Å²) >= 11 is 0. The molecular weight excluding hydrogens is 208 g/mol. The van der Waals surface area contributed by atoms with Crippen molar-refractivity contribution < 1.29 is 14.6 Å². The molecule has 0 aromatic carbocycles. The Balaban J connectivity index is 1.97. The third kappa shape index (κ3) is 1.36. The van der Waals surface area contributed by atoms with Gasteiger partial charge >= 0.3 is 5.97 Å².